The molecule has 4 rings (SSSR count). The highest BCUT2D eigenvalue weighted by atomic mass is 32.2. The SMILES string of the molecule is COC(=O)[C@@H]1CC(OS(=O)(=O)C(F)(F)F)=CN1C(=O)c1cc(C)c(OCCCOc2cc([N+](=O)[O-])c(C(=O)N3C=C(C)C[C@H]3C)cc2OC)cc1[N+](=O)[O-].O=C=O. The van der Waals surface area contributed by atoms with E-state index < -0.39 is 78.4 Å². The van der Waals surface area contributed by atoms with Crippen LogP contribution in [0.15, 0.2) is 48.0 Å². The van der Waals surface area contributed by atoms with Gasteiger partial charge in [-0.3, -0.25) is 34.7 Å². The number of halogens is 3. The van der Waals surface area contributed by atoms with Crippen molar-refractivity contribution in [2.24, 2.45) is 0 Å². The summed E-state index contributed by atoms with van der Waals surface area (Å²) in [5.41, 5.74) is -6.87. The van der Waals surface area contributed by atoms with Crippen LogP contribution >= 0.6 is 0 Å². The molecule has 0 saturated heterocycles. The van der Waals surface area contributed by atoms with Crippen molar-refractivity contribution in [2.75, 3.05) is 27.4 Å². The van der Waals surface area contributed by atoms with Crippen LogP contribution in [0.2, 0.25) is 0 Å². The van der Waals surface area contributed by atoms with Crippen molar-refractivity contribution >= 4 is 45.4 Å². The molecule has 2 aromatic carbocycles. The van der Waals surface area contributed by atoms with Gasteiger partial charge in [-0.05, 0) is 38.8 Å². The molecule has 57 heavy (non-hydrogen) atoms. The Morgan fingerprint density at radius 1 is 0.860 bits per heavy atom. The highest BCUT2D eigenvalue weighted by Crippen LogP contribution is 2.38. The number of aryl methyl sites for hydroxylation is 1. The van der Waals surface area contributed by atoms with Crippen molar-refractivity contribution in [1.29, 1.82) is 0 Å². The molecule has 0 spiro atoms. The van der Waals surface area contributed by atoms with E-state index in [0.717, 1.165) is 30.9 Å². The van der Waals surface area contributed by atoms with E-state index in [2.05, 4.69) is 8.92 Å². The number of carbonyl (C=O) groups is 3. The minimum atomic E-state index is -6.17. The molecule has 0 fully saturated rings. The Morgan fingerprint density at radius 3 is 1.88 bits per heavy atom. The molecule has 24 heteroatoms. The number of hydrogen-bond acceptors (Lipinski definition) is 16. The van der Waals surface area contributed by atoms with Gasteiger partial charge in [0.1, 0.15) is 28.7 Å². The van der Waals surface area contributed by atoms with E-state index in [-0.39, 0.29) is 60.2 Å². The maximum absolute atomic E-state index is 13.5. The fraction of sp³-hybridized carbons (Fsp3) is 0.394. The Bertz CT molecular complexity index is 2150. The molecule has 0 unspecified atom stereocenters. The molecule has 0 radical (unpaired) electrons. The van der Waals surface area contributed by atoms with Gasteiger partial charge in [-0.2, -0.15) is 31.2 Å². The van der Waals surface area contributed by atoms with Crippen LogP contribution in [0.3, 0.4) is 0 Å². The lowest BCUT2D eigenvalue weighted by molar-refractivity contribution is -0.385. The smallest absolute Gasteiger partial charge is 0.493 e. The Hall–Kier alpha value is -6.55. The average molecular weight is 831 g/mol. The minimum absolute atomic E-state index is 0.0394. The van der Waals surface area contributed by atoms with Gasteiger partial charge >= 0.3 is 27.7 Å². The monoisotopic (exact) mass is 830 g/mol. The average Bonchev–Trinajstić information content (AvgIpc) is 3.71. The van der Waals surface area contributed by atoms with E-state index in [1.807, 2.05) is 13.8 Å². The van der Waals surface area contributed by atoms with Gasteiger partial charge in [0, 0.05) is 37.3 Å². The number of methoxy groups -OCH3 is 2. The van der Waals surface area contributed by atoms with Crippen LogP contribution in [0.5, 0.6) is 17.2 Å². The summed E-state index contributed by atoms with van der Waals surface area (Å²) in [6, 6.07) is 2.30. The first-order valence-electron chi connectivity index (χ1n) is 16.1. The number of esters is 1. The molecule has 2 atom stereocenters. The first-order chi connectivity index (χ1) is 26.6. The fourth-order valence-electron chi connectivity index (χ4n) is 5.60. The fourth-order valence-corrected chi connectivity index (χ4v) is 6.09. The highest BCUT2D eigenvalue weighted by molar-refractivity contribution is 7.87. The molecule has 2 heterocycles. The molecular formula is C33H33F3N4O16S. The number of alkyl halides is 3. The van der Waals surface area contributed by atoms with Crippen molar-refractivity contribution in [3.63, 3.8) is 0 Å². The Morgan fingerprint density at radius 2 is 1.39 bits per heavy atom. The van der Waals surface area contributed by atoms with Crippen LogP contribution in [0.1, 0.15) is 59.4 Å². The Kier molecular flexibility index (Phi) is 14.5. The molecule has 0 bridgehead atoms. The van der Waals surface area contributed by atoms with E-state index >= 15 is 0 Å². The second-order valence-corrected chi connectivity index (χ2v) is 13.6. The number of ether oxygens (including phenoxy) is 4. The second-order valence-electron chi connectivity index (χ2n) is 12.1. The zero-order valence-electron chi connectivity index (χ0n) is 30.5. The third kappa shape index (κ3) is 10.4. The maximum atomic E-state index is 13.5. The summed E-state index contributed by atoms with van der Waals surface area (Å²) in [4.78, 5) is 79.5. The van der Waals surface area contributed by atoms with Gasteiger partial charge in [-0.15, -0.1) is 0 Å². The van der Waals surface area contributed by atoms with Crippen LogP contribution in [0.25, 0.3) is 0 Å². The molecule has 2 aliphatic heterocycles. The van der Waals surface area contributed by atoms with Gasteiger partial charge in [-0.25, -0.2) is 4.79 Å². The van der Waals surface area contributed by atoms with E-state index in [1.54, 1.807) is 6.20 Å². The van der Waals surface area contributed by atoms with Crippen molar-refractivity contribution in [3.05, 3.63) is 84.9 Å². The van der Waals surface area contributed by atoms with Crippen molar-refractivity contribution in [1.82, 2.24) is 9.80 Å². The summed E-state index contributed by atoms with van der Waals surface area (Å²) >= 11 is 0. The van der Waals surface area contributed by atoms with Gasteiger partial charge in [-0.1, -0.05) is 5.57 Å². The lowest BCUT2D eigenvalue weighted by Gasteiger charge is -2.21. The molecule has 2 aliphatic rings. The zero-order chi connectivity index (χ0) is 43.0. The lowest BCUT2D eigenvalue weighted by Crippen LogP contribution is -2.39. The highest BCUT2D eigenvalue weighted by Gasteiger charge is 2.50. The number of benzene rings is 2. The van der Waals surface area contributed by atoms with Crippen LogP contribution < -0.4 is 14.2 Å². The molecular weight excluding hydrogens is 797 g/mol. The minimum Gasteiger partial charge on any atom is -0.493 e. The number of hydrogen-bond donors (Lipinski definition) is 0. The molecule has 0 aliphatic carbocycles. The van der Waals surface area contributed by atoms with Crippen LogP contribution in [-0.4, -0.2) is 97.0 Å². The molecule has 0 saturated carbocycles. The Balaban J connectivity index is 0.00000281. The number of nitro groups is 2. The summed E-state index contributed by atoms with van der Waals surface area (Å²) in [5, 5.41) is 23.9. The van der Waals surface area contributed by atoms with E-state index in [0.29, 0.717) is 17.5 Å². The standard InChI is InChI=1S/C32H33F3N4O14S.CO2/c1-17-9-19(3)36(15-17)29(40)22-12-27(49-4)28(14-24(22)39(45)46)52-8-6-7-51-26-13-23(38(43)44)21(10-18(26)2)30(41)37-16-20(11-25(37)31(42)50-5)53-54(47,48)32(33,34)35;2-1-3/h10,12-16,19,25H,6-9,11H2,1-5H3;/t19-,25+;/m1./s1. The van der Waals surface area contributed by atoms with Crippen LogP contribution in [-0.2, 0) is 33.4 Å². The quantitative estimate of drug-likeness (QED) is 0.0641. The number of nitrogens with zero attached hydrogens (tertiary/aromatic N) is 4. The summed E-state index contributed by atoms with van der Waals surface area (Å²) in [5.74, 6) is -4.02. The van der Waals surface area contributed by atoms with Gasteiger partial charge < -0.3 is 28.0 Å². The van der Waals surface area contributed by atoms with Gasteiger partial charge in [0.05, 0.1) is 49.4 Å². The van der Waals surface area contributed by atoms with Crippen LogP contribution in [0.4, 0.5) is 24.5 Å². The number of carbonyl (C=O) groups excluding carboxylic acids is 5. The predicted octanol–water partition coefficient (Wildman–Crippen LogP) is 4.32. The normalized spacial score (nSPS) is 16.3. The molecule has 0 N–H and O–H groups in total. The van der Waals surface area contributed by atoms with Crippen LogP contribution in [0, 0.1) is 27.2 Å². The number of rotatable bonds is 14. The molecule has 2 aromatic rings. The first kappa shape index (κ1) is 44.8. The number of amides is 2. The zero-order valence-corrected chi connectivity index (χ0v) is 31.3. The van der Waals surface area contributed by atoms with E-state index in [9.17, 15) is 56.2 Å². The Labute approximate surface area is 320 Å². The molecule has 20 nitrogen and oxygen atoms in total. The summed E-state index contributed by atoms with van der Waals surface area (Å²) in [7, 11) is -3.99. The van der Waals surface area contributed by atoms with Gasteiger partial charge in [0.2, 0.25) is 0 Å². The molecule has 0 aromatic heterocycles. The summed E-state index contributed by atoms with van der Waals surface area (Å²) in [6.45, 7) is 4.84. The first-order valence-corrected chi connectivity index (χ1v) is 17.5. The molecule has 2 amide bonds. The number of nitro benzene ring substituents is 2. The lowest BCUT2D eigenvalue weighted by atomic mass is 10.1. The summed E-state index contributed by atoms with van der Waals surface area (Å²) < 4.78 is 87.0. The second kappa shape index (κ2) is 18.4. The largest absolute Gasteiger partial charge is 0.534 e. The third-order valence-corrected chi connectivity index (χ3v) is 9.14. The topological polar surface area (TPSA) is 258 Å². The van der Waals surface area contributed by atoms with Crippen molar-refractivity contribution in [2.45, 2.75) is 57.6 Å². The summed E-state index contributed by atoms with van der Waals surface area (Å²) in [6.07, 6.45) is 2.28. The van der Waals surface area contributed by atoms with Gasteiger partial charge in [0.25, 0.3) is 23.2 Å². The van der Waals surface area contributed by atoms with E-state index in [4.69, 9.17) is 23.8 Å². The van der Waals surface area contributed by atoms with Crippen molar-refractivity contribution < 1.29 is 78.5 Å². The van der Waals surface area contributed by atoms with Crippen molar-refractivity contribution in [3.8, 4) is 17.2 Å². The molecule has 308 valence electrons. The predicted molar refractivity (Wildman–Crippen MR) is 183 cm³/mol. The maximum Gasteiger partial charge on any atom is 0.534 e. The third-order valence-electron chi connectivity index (χ3n) is 8.14. The van der Waals surface area contributed by atoms with Gasteiger partial charge in [0.15, 0.2) is 11.5 Å². The van der Waals surface area contributed by atoms with E-state index in [1.165, 1.54) is 25.0 Å².